The normalized spacial score (nSPS) is 14.9. The average molecular weight is 362 g/mol. The lowest BCUT2D eigenvalue weighted by atomic mass is 10.0. The molecule has 1 N–H and O–H groups in total. The fourth-order valence-electron chi connectivity index (χ4n) is 3.11. The van der Waals surface area contributed by atoms with Crippen LogP contribution in [0.25, 0.3) is 10.9 Å². The molecule has 1 aliphatic rings. The maximum atomic E-state index is 12.7. The van der Waals surface area contributed by atoms with E-state index in [1.165, 1.54) is 0 Å². The van der Waals surface area contributed by atoms with Gasteiger partial charge in [-0.1, -0.05) is 29.3 Å². The first-order valence-electron chi connectivity index (χ1n) is 7.95. The van der Waals surface area contributed by atoms with Gasteiger partial charge in [-0.3, -0.25) is 4.79 Å². The Hall–Kier alpha value is -1.75. The van der Waals surface area contributed by atoms with E-state index < -0.39 is 0 Å². The maximum absolute atomic E-state index is 12.7. The summed E-state index contributed by atoms with van der Waals surface area (Å²) in [4.78, 5) is 12.7. The Morgan fingerprint density at radius 3 is 2.54 bits per heavy atom. The predicted octanol–water partition coefficient (Wildman–Crippen LogP) is 3.38. The molecule has 1 fully saturated rings. The van der Waals surface area contributed by atoms with Crippen molar-refractivity contribution < 1.29 is 0 Å². The second-order valence-corrected chi connectivity index (χ2v) is 7.10. The van der Waals surface area contributed by atoms with Crippen LogP contribution in [-0.4, -0.2) is 22.2 Å². The van der Waals surface area contributed by atoms with Gasteiger partial charge in [-0.25, -0.2) is 0 Å². The van der Waals surface area contributed by atoms with Gasteiger partial charge in [0.25, 0.3) is 5.56 Å². The molecule has 24 heavy (non-hydrogen) atoms. The summed E-state index contributed by atoms with van der Waals surface area (Å²) in [5.74, 6) is 0.554. The van der Waals surface area contributed by atoms with E-state index in [1.807, 2.05) is 41.2 Å². The van der Waals surface area contributed by atoms with Crippen LogP contribution >= 0.6 is 23.2 Å². The highest BCUT2D eigenvalue weighted by atomic mass is 35.5. The highest BCUT2D eigenvalue weighted by molar-refractivity contribution is 6.42. The van der Waals surface area contributed by atoms with E-state index >= 15 is 0 Å². The van der Waals surface area contributed by atoms with Gasteiger partial charge in [-0.2, -0.15) is 0 Å². The zero-order chi connectivity index (χ0) is 16.7. The minimum atomic E-state index is 0.0762. The standard InChI is InChI=1S/C18H17Cl2N3O/c19-15-2-1-12(7-16(15)20)10-22-5-3-14-17(22)4-6-23(18(14)24)11-13-8-21-9-13/h1-7,13,21H,8-11H2. The van der Waals surface area contributed by atoms with Gasteiger partial charge in [0.1, 0.15) is 0 Å². The van der Waals surface area contributed by atoms with E-state index in [2.05, 4.69) is 9.88 Å². The van der Waals surface area contributed by atoms with Gasteiger partial charge in [0.05, 0.1) is 20.9 Å². The first kappa shape index (κ1) is 15.8. The topological polar surface area (TPSA) is 39.0 Å². The smallest absolute Gasteiger partial charge is 0.259 e. The van der Waals surface area contributed by atoms with Crippen LogP contribution in [0.15, 0.2) is 47.5 Å². The maximum Gasteiger partial charge on any atom is 0.259 e. The van der Waals surface area contributed by atoms with Crippen LogP contribution in [0.1, 0.15) is 5.56 Å². The van der Waals surface area contributed by atoms with Crippen LogP contribution in [0.4, 0.5) is 0 Å². The number of rotatable bonds is 4. The molecule has 1 saturated heterocycles. The van der Waals surface area contributed by atoms with Crippen molar-refractivity contribution in [3.63, 3.8) is 0 Å². The summed E-state index contributed by atoms with van der Waals surface area (Å²) < 4.78 is 3.88. The highest BCUT2D eigenvalue weighted by Gasteiger charge is 2.18. The van der Waals surface area contributed by atoms with E-state index in [9.17, 15) is 4.79 Å². The number of nitrogens with zero attached hydrogens (tertiary/aromatic N) is 2. The second-order valence-electron chi connectivity index (χ2n) is 6.29. The van der Waals surface area contributed by atoms with Crippen LogP contribution in [0.3, 0.4) is 0 Å². The molecule has 3 heterocycles. The van der Waals surface area contributed by atoms with Crippen molar-refractivity contribution in [3.8, 4) is 0 Å². The summed E-state index contributed by atoms with van der Waals surface area (Å²) in [5.41, 5.74) is 2.06. The number of benzene rings is 1. The number of aromatic nitrogens is 2. The molecule has 1 aromatic carbocycles. The first-order valence-corrected chi connectivity index (χ1v) is 8.70. The molecular formula is C18H17Cl2N3O. The first-order chi connectivity index (χ1) is 11.6. The lowest BCUT2D eigenvalue weighted by Crippen LogP contribution is -2.45. The molecule has 6 heteroatoms. The molecule has 3 aromatic rings. The molecule has 1 aliphatic heterocycles. The third-order valence-corrected chi connectivity index (χ3v) is 5.31. The Morgan fingerprint density at radius 1 is 1.04 bits per heavy atom. The molecule has 0 unspecified atom stereocenters. The van der Waals surface area contributed by atoms with E-state index in [-0.39, 0.29) is 5.56 Å². The fourth-order valence-corrected chi connectivity index (χ4v) is 3.43. The molecule has 0 radical (unpaired) electrons. The number of nitrogens with one attached hydrogen (secondary N) is 1. The summed E-state index contributed by atoms with van der Waals surface area (Å²) in [6, 6.07) is 9.51. The van der Waals surface area contributed by atoms with Gasteiger partial charge in [0, 0.05) is 44.5 Å². The van der Waals surface area contributed by atoms with Crippen molar-refractivity contribution in [1.29, 1.82) is 0 Å². The van der Waals surface area contributed by atoms with E-state index in [0.29, 0.717) is 22.5 Å². The van der Waals surface area contributed by atoms with Gasteiger partial charge < -0.3 is 14.5 Å². The molecule has 4 nitrogen and oxygen atoms in total. The summed E-state index contributed by atoms with van der Waals surface area (Å²) in [6.45, 7) is 3.40. The Bertz CT molecular complexity index is 957. The molecule has 0 spiro atoms. The predicted molar refractivity (Wildman–Crippen MR) is 98.1 cm³/mol. The molecule has 0 aliphatic carbocycles. The Morgan fingerprint density at radius 2 is 1.83 bits per heavy atom. The summed E-state index contributed by atoms with van der Waals surface area (Å²) >= 11 is 12.1. The zero-order valence-corrected chi connectivity index (χ0v) is 14.5. The van der Waals surface area contributed by atoms with Gasteiger partial charge in [0.15, 0.2) is 0 Å². The lowest BCUT2D eigenvalue weighted by molar-refractivity contribution is 0.304. The van der Waals surface area contributed by atoms with E-state index in [1.54, 1.807) is 6.07 Å². The second kappa shape index (κ2) is 6.28. The van der Waals surface area contributed by atoms with Crippen molar-refractivity contribution in [2.24, 2.45) is 5.92 Å². The SMILES string of the molecule is O=c1c2ccn(Cc3ccc(Cl)c(Cl)c3)c2ccn1CC1CNC1. The van der Waals surface area contributed by atoms with Crippen molar-refractivity contribution in [2.75, 3.05) is 13.1 Å². The minimum absolute atomic E-state index is 0.0762. The third kappa shape index (κ3) is 2.86. The van der Waals surface area contributed by atoms with Gasteiger partial charge >= 0.3 is 0 Å². The van der Waals surface area contributed by atoms with Crippen LogP contribution in [0, 0.1) is 5.92 Å². The van der Waals surface area contributed by atoms with Crippen molar-refractivity contribution in [2.45, 2.75) is 13.1 Å². The Balaban J connectivity index is 1.65. The van der Waals surface area contributed by atoms with E-state index in [4.69, 9.17) is 23.2 Å². The lowest BCUT2D eigenvalue weighted by Gasteiger charge is -2.27. The summed E-state index contributed by atoms with van der Waals surface area (Å²) in [7, 11) is 0. The molecule has 0 atom stereocenters. The summed E-state index contributed by atoms with van der Waals surface area (Å²) in [6.07, 6.45) is 3.85. The van der Waals surface area contributed by atoms with Crippen LogP contribution in [0.2, 0.25) is 10.0 Å². The molecule has 4 rings (SSSR count). The molecule has 124 valence electrons. The molecule has 0 bridgehead atoms. The van der Waals surface area contributed by atoms with Crippen molar-refractivity contribution >= 4 is 34.1 Å². The monoisotopic (exact) mass is 361 g/mol. The number of hydrogen-bond donors (Lipinski definition) is 1. The molecular weight excluding hydrogens is 345 g/mol. The van der Waals surface area contributed by atoms with Crippen LogP contribution in [0.5, 0.6) is 0 Å². The quantitative estimate of drug-likeness (QED) is 0.773. The van der Waals surface area contributed by atoms with Crippen LogP contribution in [-0.2, 0) is 13.1 Å². The average Bonchev–Trinajstić information content (AvgIpc) is 2.92. The van der Waals surface area contributed by atoms with Gasteiger partial charge in [-0.15, -0.1) is 0 Å². The third-order valence-electron chi connectivity index (χ3n) is 4.57. The summed E-state index contributed by atoms with van der Waals surface area (Å²) in [5, 5.41) is 5.08. The van der Waals surface area contributed by atoms with E-state index in [0.717, 1.165) is 36.1 Å². The zero-order valence-electron chi connectivity index (χ0n) is 13.0. The van der Waals surface area contributed by atoms with Gasteiger partial charge in [0.2, 0.25) is 0 Å². The number of pyridine rings is 1. The molecule has 2 aromatic heterocycles. The molecule has 0 saturated carbocycles. The van der Waals surface area contributed by atoms with Crippen molar-refractivity contribution in [1.82, 2.24) is 14.5 Å². The van der Waals surface area contributed by atoms with Crippen LogP contribution < -0.4 is 10.9 Å². The highest BCUT2D eigenvalue weighted by Crippen LogP contribution is 2.24. The number of halogens is 2. The minimum Gasteiger partial charge on any atom is -0.343 e. The van der Waals surface area contributed by atoms with Crippen molar-refractivity contribution in [3.05, 3.63) is 68.7 Å². The van der Waals surface area contributed by atoms with Gasteiger partial charge in [-0.05, 0) is 29.8 Å². The Labute approximate surface area is 149 Å². The fraction of sp³-hybridized carbons (Fsp3) is 0.278. The Kier molecular flexibility index (Phi) is 4.12. The molecule has 0 amide bonds. The largest absolute Gasteiger partial charge is 0.343 e. The number of hydrogen-bond acceptors (Lipinski definition) is 2. The number of fused-ring (bicyclic) bond motifs is 1.